The number of carbonyl (C=O) groups excluding carboxylic acids is 1. The molecule has 0 unspecified atom stereocenters. The lowest BCUT2D eigenvalue weighted by molar-refractivity contribution is 0.0664. The average molecular weight is 353 g/mol. The largest absolute Gasteiger partial charge is 0.377 e. The van der Waals surface area contributed by atoms with E-state index in [1.54, 1.807) is 0 Å². The molecule has 2 heterocycles. The first-order valence-electron chi connectivity index (χ1n) is 6.14. The molecule has 0 spiro atoms. The highest BCUT2D eigenvalue weighted by Crippen LogP contribution is 2.34. The number of anilines is 1. The van der Waals surface area contributed by atoms with Crippen LogP contribution >= 0.6 is 27.3 Å². The lowest BCUT2D eigenvalue weighted by atomic mass is 10.2. The predicted octanol–water partition coefficient (Wildman–Crippen LogP) is 3.35. The number of halogens is 1. The van der Waals surface area contributed by atoms with E-state index in [1.807, 2.05) is 37.2 Å². The van der Waals surface area contributed by atoms with Gasteiger partial charge in [0.1, 0.15) is 11.6 Å². The molecule has 1 aromatic heterocycles. The number of fused-ring (bicyclic) bond motifs is 1. The van der Waals surface area contributed by atoms with E-state index < -0.39 is 0 Å². The number of aromatic nitrogens is 1. The number of benzene rings is 1. The predicted molar refractivity (Wildman–Crippen MR) is 83.6 cm³/mol. The van der Waals surface area contributed by atoms with Gasteiger partial charge in [-0.25, -0.2) is 4.98 Å². The molecular formula is C14H13BrN2O2S. The zero-order chi connectivity index (χ0) is 14.3. The summed E-state index contributed by atoms with van der Waals surface area (Å²) in [6.45, 7) is 0.590. The normalized spacial score (nSPS) is 14.2. The maximum atomic E-state index is 11.8. The second-order valence-electron chi connectivity index (χ2n) is 4.77. The molecular weight excluding hydrogens is 340 g/mol. The third kappa shape index (κ3) is 2.39. The van der Waals surface area contributed by atoms with Crippen molar-refractivity contribution in [3.05, 3.63) is 33.2 Å². The summed E-state index contributed by atoms with van der Waals surface area (Å²) in [6.07, 6.45) is 0. The quantitative estimate of drug-likeness (QED) is 0.831. The van der Waals surface area contributed by atoms with E-state index in [0.717, 1.165) is 31.3 Å². The number of Topliss-reactive ketones (excluding diaryl/α,β-unsaturated/α-hetero) is 1. The maximum absolute atomic E-state index is 11.8. The molecule has 4 nitrogen and oxygen atoms in total. The first-order chi connectivity index (χ1) is 9.56. The Hall–Kier alpha value is -1.24. The molecule has 3 rings (SSSR count). The summed E-state index contributed by atoms with van der Waals surface area (Å²) in [5.74, 6) is 0.0268. The first-order valence-corrected chi connectivity index (χ1v) is 7.75. The monoisotopic (exact) mass is 352 g/mol. The van der Waals surface area contributed by atoms with Crippen molar-refractivity contribution in [3.63, 3.8) is 0 Å². The SMILES string of the molecule is CN(C)c1ccc(-c2nc3c(s2)C(=O)COC3)cc1Br. The Balaban J connectivity index is 2.02. The van der Waals surface area contributed by atoms with Crippen molar-refractivity contribution in [2.75, 3.05) is 25.6 Å². The molecule has 1 aliphatic rings. The summed E-state index contributed by atoms with van der Waals surface area (Å²) < 4.78 is 6.22. The van der Waals surface area contributed by atoms with Crippen LogP contribution in [0.25, 0.3) is 10.6 Å². The summed E-state index contributed by atoms with van der Waals surface area (Å²) >= 11 is 5.02. The van der Waals surface area contributed by atoms with Gasteiger partial charge in [-0.1, -0.05) is 0 Å². The standard InChI is InChI=1S/C14H13BrN2O2S/c1-17(2)11-4-3-8(5-9(11)15)14-16-10-6-19-7-12(18)13(10)20-14/h3-5H,6-7H2,1-2H3. The maximum Gasteiger partial charge on any atom is 0.200 e. The third-order valence-electron chi connectivity index (χ3n) is 3.10. The highest BCUT2D eigenvalue weighted by atomic mass is 79.9. The molecule has 6 heteroatoms. The Morgan fingerprint density at radius 2 is 2.15 bits per heavy atom. The van der Waals surface area contributed by atoms with Crippen molar-refractivity contribution in [1.29, 1.82) is 0 Å². The first kappa shape index (κ1) is 13.7. The van der Waals surface area contributed by atoms with E-state index in [2.05, 4.69) is 20.9 Å². The van der Waals surface area contributed by atoms with Crippen molar-refractivity contribution < 1.29 is 9.53 Å². The van der Waals surface area contributed by atoms with Crippen molar-refractivity contribution in [1.82, 2.24) is 4.98 Å². The minimum atomic E-state index is 0.0268. The van der Waals surface area contributed by atoms with Crippen LogP contribution in [0.5, 0.6) is 0 Å². The van der Waals surface area contributed by atoms with E-state index in [9.17, 15) is 4.79 Å². The molecule has 0 saturated carbocycles. The van der Waals surface area contributed by atoms with Gasteiger partial charge in [0.15, 0.2) is 5.78 Å². The zero-order valence-corrected chi connectivity index (χ0v) is 13.5. The number of rotatable bonds is 2. The van der Waals surface area contributed by atoms with E-state index in [-0.39, 0.29) is 12.4 Å². The molecule has 0 fully saturated rings. The van der Waals surface area contributed by atoms with E-state index in [1.165, 1.54) is 11.3 Å². The van der Waals surface area contributed by atoms with Crippen LogP contribution in [0.3, 0.4) is 0 Å². The molecule has 2 aromatic rings. The van der Waals surface area contributed by atoms with Gasteiger partial charge < -0.3 is 9.64 Å². The van der Waals surface area contributed by atoms with Gasteiger partial charge in [0.05, 0.1) is 22.9 Å². The number of hydrogen-bond donors (Lipinski definition) is 0. The highest BCUT2D eigenvalue weighted by Gasteiger charge is 2.23. The molecule has 0 saturated heterocycles. The zero-order valence-electron chi connectivity index (χ0n) is 11.1. The summed E-state index contributed by atoms with van der Waals surface area (Å²) in [7, 11) is 4.00. The third-order valence-corrected chi connectivity index (χ3v) is 4.92. The molecule has 0 amide bonds. The van der Waals surface area contributed by atoms with Gasteiger partial charge in [0, 0.05) is 24.1 Å². The van der Waals surface area contributed by atoms with Crippen molar-refractivity contribution >= 4 is 38.7 Å². The molecule has 1 aromatic carbocycles. The minimum absolute atomic E-state index is 0.0268. The Morgan fingerprint density at radius 1 is 1.35 bits per heavy atom. The summed E-state index contributed by atoms with van der Waals surface area (Å²) in [6, 6.07) is 6.10. The fraction of sp³-hybridized carbons (Fsp3) is 0.286. The Kier molecular flexibility index (Phi) is 3.62. The molecule has 1 aliphatic heterocycles. The highest BCUT2D eigenvalue weighted by molar-refractivity contribution is 9.10. The number of nitrogens with zero attached hydrogens (tertiary/aromatic N) is 2. The van der Waals surface area contributed by atoms with Crippen LogP contribution in [-0.4, -0.2) is 31.5 Å². The number of ketones is 1. The smallest absolute Gasteiger partial charge is 0.200 e. The second-order valence-corrected chi connectivity index (χ2v) is 6.62. The molecule has 0 bridgehead atoms. The Morgan fingerprint density at radius 3 is 2.80 bits per heavy atom. The number of ether oxygens (including phenoxy) is 1. The summed E-state index contributed by atoms with van der Waals surface area (Å²) in [4.78, 5) is 19.1. The van der Waals surface area contributed by atoms with E-state index >= 15 is 0 Å². The van der Waals surface area contributed by atoms with Gasteiger partial charge in [-0.2, -0.15) is 0 Å². The molecule has 0 aliphatic carbocycles. The number of carbonyl (C=O) groups is 1. The molecule has 0 atom stereocenters. The van der Waals surface area contributed by atoms with Crippen molar-refractivity contribution in [3.8, 4) is 10.6 Å². The fourth-order valence-corrected chi connectivity index (χ4v) is 3.82. The van der Waals surface area contributed by atoms with Crippen LogP contribution in [0.15, 0.2) is 22.7 Å². The van der Waals surface area contributed by atoms with Crippen LogP contribution in [0.4, 0.5) is 5.69 Å². The van der Waals surface area contributed by atoms with Crippen LogP contribution < -0.4 is 4.90 Å². The van der Waals surface area contributed by atoms with E-state index in [0.29, 0.717) is 6.61 Å². The van der Waals surface area contributed by atoms with Crippen molar-refractivity contribution in [2.24, 2.45) is 0 Å². The lowest BCUT2D eigenvalue weighted by Gasteiger charge is -2.14. The summed E-state index contributed by atoms with van der Waals surface area (Å²) in [5.41, 5.74) is 2.87. The van der Waals surface area contributed by atoms with E-state index in [4.69, 9.17) is 4.74 Å². The summed E-state index contributed by atoms with van der Waals surface area (Å²) in [5, 5.41) is 0.861. The lowest BCUT2D eigenvalue weighted by Crippen LogP contribution is -2.15. The van der Waals surface area contributed by atoms with Crippen LogP contribution in [0, 0.1) is 0 Å². The topological polar surface area (TPSA) is 42.4 Å². The average Bonchev–Trinajstić information content (AvgIpc) is 2.83. The fourth-order valence-electron chi connectivity index (χ4n) is 2.10. The number of thiazole rings is 1. The van der Waals surface area contributed by atoms with Gasteiger partial charge in [-0.3, -0.25) is 4.79 Å². The van der Waals surface area contributed by atoms with Crippen LogP contribution in [-0.2, 0) is 11.3 Å². The van der Waals surface area contributed by atoms with Crippen LogP contribution in [0.1, 0.15) is 15.4 Å². The van der Waals surface area contributed by atoms with Gasteiger partial charge in [0.2, 0.25) is 0 Å². The van der Waals surface area contributed by atoms with Crippen molar-refractivity contribution in [2.45, 2.75) is 6.61 Å². The van der Waals surface area contributed by atoms with Crippen LogP contribution in [0.2, 0.25) is 0 Å². The van der Waals surface area contributed by atoms with Gasteiger partial charge in [0.25, 0.3) is 0 Å². The second kappa shape index (κ2) is 5.27. The van der Waals surface area contributed by atoms with Gasteiger partial charge in [-0.15, -0.1) is 11.3 Å². The molecule has 0 N–H and O–H groups in total. The van der Waals surface area contributed by atoms with Gasteiger partial charge >= 0.3 is 0 Å². The molecule has 0 radical (unpaired) electrons. The molecule has 20 heavy (non-hydrogen) atoms. The number of hydrogen-bond acceptors (Lipinski definition) is 5. The Bertz CT molecular complexity index is 682. The molecule has 104 valence electrons. The minimum Gasteiger partial charge on any atom is -0.377 e. The van der Waals surface area contributed by atoms with Gasteiger partial charge in [-0.05, 0) is 34.1 Å². The Labute approximate surface area is 129 Å².